The van der Waals surface area contributed by atoms with Crippen LogP contribution in [0.25, 0.3) is 33.4 Å². The first-order valence-corrected chi connectivity index (χ1v) is 7.51. The second-order valence-corrected chi connectivity index (χ2v) is 5.57. The highest BCUT2D eigenvalue weighted by atomic mass is 15.2. The third-order valence-corrected chi connectivity index (χ3v) is 4.21. The highest BCUT2D eigenvalue weighted by Crippen LogP contribution is 2.42. The number of imidazole rings is 1. The van der Waals surface area contributed by atoms with E-state index in [0.29, 0.717) is 41.1 Å². The lowest BCUT2D eigenvalue weighted by Crippen LogP contribution is -2.09. The van der Waals surface area contributed by atoms with Crippen LogP contribution in [0.1, 0.15) is 0 Å². The number of hydrogen-bond acceptors (Lipinski definition) is 9. The van der Waals surface area contributed by atoms with E-state index in [-0.39, 0.29) is 0 Å². The van der Waals surface area contributed by atoms with Crippen LogP contribution in [0, 0.1) is 0 Å². The molecule has 116 valence electrons. The second-order valence-electron chi connectivity index (χ2n) is 5.57. The van der Waals surface area contributed by atoms with Crippen LogP contribution in [0.3, 0.4) is 0 Å². The predicted octanol–water partition coefficient (Wildman–Crippen LogP) is 1.37. The normalized spacial score (nSPS) is 15.2. The number of aromatic amines is 1. The highest BCUT2D eigenvalue weighted by Gasteiger charge is 2.23. The molecule has 0 amide bonds. The van der Waals surface area contributed by atoms with Gasteiger partial charge in [0, 0.05) is 6.21 Å². The summed E-state index contributed by atoms with van der Waals surface area (Å²) in [5.41, 5.74) is 5.54. The van der Waals surface area contributed by atoms with Gasteiger partial charge in [-0.1, -0.05) is 0 Å². The van der Waals surface area contributed by atoms with Crippen LogP contribution >= 0.6 is 0 Å². The zero-order valence-electron chi connectivity index (χ0n) is 12.3. The maximum atomic E-state index is 4.73. The summed E-state index contributed by atoms with van der Waals surface area (Å²) in [4.78, 5) is 30.2. The molecule has 10 nitrogen and oxygen atoms in total. The van der Waals surface area contributed by atoms with Gasteiger partial charge in [0.25, 0.3) is 0 Å². The lowest BCUT2D eigenvalue weighted by molar-refractivity contribution is 1.27. The van der Waals surface area contributed by atoms with Crippen LogP contribution in [0.2, 0.25) is 0 Å². The molecule has 1 aromatic carbocycles. The van der Waals surface area contributed by atoms with Gasteiger partial charge in [0.2, 0.25) is 0 Å². The maximum Gasteiger partial charge on any atom is 0.200 e. The first-order valence-electron chi connectivity index (χ1n) is 7.51. The topological polar surface area (TPSA) is 129 Å². The average molecular weight is 318 g/mol. The van der Waals surface area contributed by atoms with Crippen molar-refractivity contribution >= 4 is 62.6 Å². The Morgan fingerprint density at radius 3 is 2.67 bits per heavy atom. The van der Waals surface area contributed by atoms with Crippen LogP contribution in [0.15, 0.2) is 11.3 Å². The van der Waals surface area contributed by atoms with Gasteiger partial charge < -0.3 is 20.9 Å². The number of benzene rings is 1. The Bertz CT molecular complexity index is 1190. The molecule has 2 aliphatic rings. The van der Waals surface area contributed by atoms with Crippen LogP contribution in [-0.4, -0.2) is 49.3 Å². The summed E-state index contributed by atoms with van der Waals surface area (Å²) < 4.78 is 0. The molecule has 0 unspecified atom stereocenters. The summed E-state index contributed by atoms with van der Waals surface area (Å²) in [5.74, 6) is 1.60. The van der Waals surface area contributed by atoms with Crippen LogP contribution in [-0.2, 0) is 0 Å². The van der Waals surface area contributed by atoms with E-state index in [4.69, 9.17) is 4.98 Å². The van der Waals surface area contributed by atoms with Gasteiger partial charge in [-0.25, -0.2) is 24.9 Å². The molecule has 0 fully saturated rings. The summed E-state index contributed by atoms with van der Waals surface area (Å²) in [6.07, 6.45) is 3.29. The molecule has 6 rings (SSSR count). The van der Waals surface area contributed by atoms with Gasteiger partial charge in [-0.2, -0.15) is 0 Å². The van der Waals surface area contributed by atoms with Crippen LogP contribution < -0.4 is 16.0 Å². The summed E-state index contributed by atoms with van der Waals surface area (Å²) >= 11 is 0. The molecule has 2 aliphatic heterocycles. The van der Waals surface area contributed by atoms with E-state index >= 15 is 0 Å². The second kappa shape index (κ2) is 4.04. The minimum Gasteiger partial charge on any atom is -0.376 e. The molecule has 5 heterocycles. The molecule has 4 aromatic rings. The minimum atomic E-state index is 0.511. The standard InChI is InChI=1S/C14H10N10/c1-2-16-6-5(15-1)7-9(23-13-11(21-7)17-3-19-13)10-8(6)22-12-14(24-10)20-4-18-12/h1,4,16-17,19,21H,2-3H2. The molecule has 0 saturated heterocycles. The number of hydrogen-bond donors (Lipinski definition) is 4. The van der Waals surface area contributed by atoms with Crippen LogP contribution in [0.5, 0.6) is 0 Å². The van der Waals surface area contributed by atoms with Crippen molar-refractivity contribution in [2.75, 3.05) is 29.2 Å². The first-order chi connectivity index (χ1) is 11.9. The van der Waals surface area contributed by atoms with Crippen LogP contribution in [0.4, 0.5) is 23.0 Å². The average Bonchev–Trinajstić information content (AvgIpc) is 3.27. The fourth-order valence-corrected chi connectivity index (χ4v) is 3.17. The van der Waals surface area contributed by atoms with Gasteiger partial charge in [0.1, 0.15) is 34.4 Å². The minimum absolute atomic E-state index is 0.511. The lowest BCUT2D eigenvalue weighted by Gasteiger charge is -2.17. The van der Waals surface area contributed by atoms with Crippen molar-refractivity contribution in [1.82, 2.24) is 29.9 Å². The molecule has 24 heavy (non-hydrogen) atoms. The largest absolute Gasteiger partial charge is 0.376 e. The highest BCUT2D eigenvalue weighted by molar-refractivity contribution is 6.16. The summed E-state index contributed by atoms with van der Waals surface area (Å²) in [6.45, 7) is 1.26. The lowest BCUT2D eigenvalue weighted by atomic mass is 10.1. The zero-order valence-corrected chi connectivity index (χ0v) is 12.3. The molecule has 0 aliphatic carbocycles. The van der Waals surface area contributed by atoms with Gasteiger partial charge in [-0.3, -0.25) is 4.99 Å². The van der Waals surface area contributed by atoms with E-state index in [1.807, 2.05) is 6.21 Å². The van der Waals surface area contributed by atoms with Crippen molar-refractivity contribution in [2.45, 2.75) is 0 Å². The van der Waals surface area contributed by atoms with E-state index in [1.165, 1.54) is 6.33 Å². The third-order valence-electron chi connectivity index (χ3n) is 4.21. The quantitative estimate of drug-likeness (QED) is 0.358. The molecular formula is C14H10N10. The number of rotatable bonds is 0. The van der Waals surface area contributed by atoms with Gasteiger partial charge in [0.15, 0.2) is 17.1 Å². The van der Waals surface area contributed by atoms with Gasteiger partial charge >= 0.3 is 0 Å². The maximum absolute atomic E-state index is 4.73. The van der Waals surface area contributed by atoms with Gasteiger partial charge in [0.05, 0.1) is 24.4 Å². The number of nitrogens with zero attached hydrogens (tertiary/aromatic N) is 6. The summed E-state index contributed by atoms with van der Waals surface area (Å²) in [5, 5.41) is 9.74. The summed E-state index contributed by atoms with van der Waals surface area (Å²) in [7, 11) is 0. The number of aliphatic imine (C=N–C) groups is 1. The van der Waals surface area contributed by atoms with Crippen molar-refractivity contribution in [3.63, 3.8) is 0 Å². The molecule has 0 saturated carbocycles. The molecular weight excluding hydrogens is 308 g/mol. The Hall–Kier alpha value is -3.56. The predicted molar refractivity (Wildman–Crippen MR) is 91.0 cm³/mol. The number of anilines is 3. The smallest absolute Gasteiger partial charge is 0.200 e. The molecule has 0 radical (unpaired) electrons. The van der Waals surface area contributed by atoms with E-state index in [0.717, 1.165) is 28.5 Å². The Morgan fingerprint density at radius 1 is 0.875 bits per heavy atom. The SMILES string of the molecule is C1=Nc2c(c3nc4ncnc4nc3c3nc4c([nH]c23)NCN4)NC1. The van der Waals surface area contributed by atoms with E-state index in [1.54, 1.807) is 0 Å². The Kier molecular flexibility index (Phi) is 2.01. The Labute approximate surface area is 133 Å². The molecule has 0 atom stereocenters. The van der Waals surface area contributed by atoms with Crippen molar-refractivity contribution < 1.29 is 0 Å². The molecule has 10 heteroatoms. The number of aromatic nitrogens is 6. The number of H-pyrrole nitrogens is 1. The zero-order chi connectivity index (χ0) is 15.7. The Balaban J connectivity index is 1.89. The van der Waals surface area contributed by atoms with Crippen molar-refractivity contribution in [3.05, 3.63) is 6.33 Å². The Morgan fingerprint density at radius 2 is 1.75 bits per heavy atom. The molecule has 4 N–H and O–H groups in total. The van der Waals surface area contributed by atoms with Crippen molar-refractivity contribution in [3.8, 4) is 0 Å². The molecule has 0 spiro atoms. The first kappa shape index (κ1) is 11.9. The number of fused-ring (bicyclic) bond motifs is 8. The van der Waals surface area contributed by atoms with Gasteiger partial charge in [-0.15, -0.1) is 0 Å². The third kappa shape index (κ3) is 1.39. The number of nitrogens with one attached hydrogen (secondary N) is 4. The summed E-state index contributed by atoms with van der Waals surface area (Å²) in [6, 6.07) is 0. The molecule has 0 bridgehead atoms. The van der Waals surface area contributed by atoms with Crippen molar-refractivity contribution in [1.29, 1.82) is 0 Å². The van der Waals surface area contributed by atoms with E-state index < -0.39 is 0 Å². The van der Waals surface area contributed by atoms with Crippen molar-refractivity contribution in [2.24, 2.45) is 4.99 Å². The van der Waals surface area contributed by atoms with Gasteiger partial charge in [-0.05, 0) is 0 Å². The molecule has 3 aromatic heterocycles. The monoisotopic (exact) mass is 318 g/mol. The van der Waals surface area contributed by atoms with E-state index in [2.05, 4.69) is 45.9 Å². The van der Waals surface area contributed by atoms with E-state index in [9.17, 15) is 0 Å². The fraction of sp³-hybridized carbons (Fsp3) is 0.143. The fourth-order valence-electron chi connectivity index (χ4n) is 3.17.